The average Bonchev–Trinajstić information content (AvgIpc) is 2.85. The van der Waals surface area contributed by atoms with Crippen LogP contribution in [0.1, 0.15) is 69.4 Å². The molecule has 1 unspecified atom stereocenters. The van der Waals surface area contributed by atoms with Crippen molar-refractivity contribution in [2.45, 2.75) is 64.4 Å². The Hall–Kier alpha value is -2.20. The fraction of sp³-hybridized carbons (Fsp3) is 0.630. The minimum atomic E-state index is -0.272. The third kappa shape index (κ3) is 7.96. The molecule has 2 amide bonds. The van der Waals surface area contributed by atoms with Crippen LogP contribution in [0.3, 0.4) is 0 Å². The van der Waals surface area contributed by atoms with E-state index in [1.165, 1.54) is 32.5 Å². The lowest BCUT2D eigenvalue weighted by Gasteiger charge is -2.35. The number of nitrogens with zero attached hydrogens (tertiary/aromatic N) is 1. The van der Waals surface area contributed by atoms with E-state index in [1.54, 1.807) is 0 Å². The van der Waals surface area contributed by atoms with Gasteiger partial charge >= 0.3 is 0 Å². The van der Waals surface area contributed by atoms with Crippen molar-refractivity contribution in [3.63, 3.8) is 0 Å². The third-order valence-corrected chi connectivity index (χ3v) is 6.66. The molecule has 1 aromatic rings. The normalized spacial score (nSPS) is 22.5. The number of carbonyl (C=O) groups excluding carboxylic acids is 2. The summed E-state index contributed by atoms with van der Waals surface area (Å²) in [6, 6.07) is 7.75. The van der Waals surface area contributed by atoms with E-state index in [0.29, 0.717) is 25.6 Å². The van der Waals surface area contributed by atoms with Crippen molar-refractivity contribution in [3.8, 4) is 11.8 Å². The van der Waals surface area contributed by atoms with Crippen molar-refractivity contribution in [2.24, 2.45) is 5.92 Å². The second-order valence-electron chi connectivity index (χ2n) is 8.94. The number of amides is 2. The van der Waals surface area contributed by atoms with Crippen LogP contribution < -0.4 is 10.6 Å². The van der Waals surface area contributed by atoms with Gasteiger partial charge in [0.2, 0.25) is 11.8 Å². The highest BCUT2D eigenvalue weighted by atomic mass is 16.5. The molecule has 2 N–H and O–H groups in total. The van der Waals surface area contributed by atoms with E-state index < -0.39 is 0 Å². The van der Waals surface area contributed by atoms with Crippen LogP contribution in [0.15, 0.2) is 24.3 Å². The second-order valence-corrected chi connectivity index (χ2v) is 8.94. The van der Waals surface area contributed by atoms with Gasteiger partial charge in [-0.1, -0.05) is 37.8 Å². The summed E-state index contributed by atoms with van der Waals surface area (Å²) in [5.74, 6) is 6.46. The summed E-state index contributed by atoms with van der Waals surface area (Å²) >= 11 is 0. The number of imide groups is 1. The van der Waals surface area contributed by atoms with Crippen molar-refractivity contribution < 1.29 is 14.3 Å². The number of likely N-dealkylation sites (tertiary alicyclic amines) is 1. The molecule has 6 nitrogen and oxygen atoms in total. The number of benzene rings is 1. The first-order chi connectivity index (χ1) is 16.2. The highest BCUT2D eigenvalue weighted by molar-refractivity contribution is 6.00. The molecular weight excluding hydrogens is 414 g/mol. The largest absolute Gasteiger partial charge is 0.365 e. The van der Waals surface area contributed by atoms with E-state index in [-0.39, 0.29) is 17.7 Å². The first-order valence-corrected chi connectivity index (χ1v) is 12.6. The molecule has 0 aliphatic carbocycles. The Morgan fingerprint density at radius 1 is 1.06 bits per heavy atom. The zero-order valence-electron chi connectivity index (χ0n) is 20.2. The smallest absolute Gasteiger partial charge is 0.234 e. The molecule has 33 heavy (non-hydrogen) atoms. The van der Waals surface area contributed by atoms with Crippen LogP contribution in [0.5, 0.6) is 0 Å². The number of hydrogen-bond acceptors (Lipinski definition) is 5. The van der Waals surface area contributed by atoms with Gasteiger partial charge in [-0.05, 0) is 68.8 Å². The van der Waals surface area contributed by atoms with Crippen molar-refractivity contribution in [1.29, 1.82) is 0 Å². The van der Waals surface area contributed by atoms with E-state index in [1.807, 2.05) is 38.1 Å². The van der Waals surface area contributed by atoms with E-state index in [2.05, 4.69) is 27.4 Å². The zero-order valence-corrected chi connectivity index (χ0v) is 20.2. The molecule has 0 aromatic heterocycles. The van der Waals surface area contributed by atoms with Crippen LogP contribution in [-0.4, -0.2) is 62.1 Å². The van der Waals surface area contributed by atoms with Crippen LogP contribution in [0.2, 0.25) is 0 Å². The van der Waals surface area contributed by atoms with Crippen LogP contribution in [0, 0.1) is 17.8 Å². The van der Waals surface area contributed by atoms with Crippen molar-refractivity contribution >= 4 is 11.8 Å². The van der Waals surface area contributed by atoms with Gasteiger partial charge in [0.25, 0.3) is 0 Å². The second kappa shape index (κ2) is 13.5. The first-order valence-electron chi connectivity index (χ1n) is 12.6. The third-order valence-electron chi connectivity index (χ3n) is 6.66. The molecule has 3 aliphatic heterocycles. The standard InChI is InChI=1S/C25H33N3O3.C2H6/c29-24-7-6-23(25(30)27-24)21-5-1-3-19(17-21)4-2-16-31-22-10-14-28(15-11-22)18-20-8-12-26-13-9-20;1-2/h1,3,5,17,20,22-23,26H,6-16,18H2,(H,27,29,30);1-2H3. The highest BCUT2D eigenvalue weighted by Crippen LogP contribution is 2.25. The van der Waals surface area contributed by atoms with Crippen LogP contribution in [0.25, 0.3) is 0 Å². The zero-order chi connectivity index (χ0) is 23.5. The lowest BCUT2D eigenvalue weighted by Crippen LogP contribution is -2.41. The molecule has 1 atom stereocenters. The topological polar surface area (TPSA) is 70.7 Å². The minimum absolute atomic E-state index is 0.188. The molecule has 0 saturated carbocycles. The number of ether oxygens (including phenoxy) is 1. The number of nitrogens with one attached hydrogen (secondary N) is 2. The van der Waals surface area contributed by atoms with Gasteiger partial charge in [0.05, 0.1) is 12.0 Å². The Morgan fingerprint density at radius 2 is 1.82 bits per heavy atom. The maximum atomic E-state index is 12.1. The van der Waals surface area contributed by atoms with Crippen LogP contribution in [0.4, 0.5) is 0 Å². The molecular formula is C27H39N3O3. The highest BCUT2D eigenvalue weighted by Gasteiger charge is 2.28. The quantitative estimate of drug-likeness (QED) is 0.530. The monoisotopic (exact) mass is 453 g/mol. The maximum absolute atomic E-state index is 12.1. The average molecular weight is 454 g/mol. The first kappa shape index (κ1) is 25.4. The molecule has 1 aromatic carbocycles. The van der Waals surface area contributed by atoms with E-state index in [0.717, 1.165) is 43.0 Å². The van der Waals surface area contributed by atoms with Gasteiger partial charge in [-0.3, -0.25) is 14.9 Å². The molecule has 3 heterocycles. The van der Waals surface area contributed by atoms with Gasteiger partial charge in [-0.25, -0.2) is 0 Å². The number of carbonyl (C=O) groups is 2. The van der Waals surface area contributed by atoms with Crippen LogP contribution >= 0.6 is 0 Å². The summed E-state index contributed by atoms with van der Waals surface area (Å²) in [6.07, 6.45) is 6.01. The Labute approximate surface area is 198 Å². The van der Waals surface area contributed by atoms with E-state index in [4.69, 9.17) is 4.74 Å². The van der Waals surface area contributed by atoms with Gasteiger partial charge in [0.15, 0.2) is 0 Å². The summed E-state index contributed by atoms with van der Waals surface area (Å²) in [4.78, 5) is 26.0. The van der Waals surface area contributed by atoms with E-state index >= 15 is 0 Å². The summed E-state index contributed by atoms with van der Waals surface area (Å²) in [6.45, 7) is 10.2. The maximum Gasteiger partial charge on any atom is 0.234 e. The Morgan fingerprint density at radius 3 is 2.55 bits per heavy atom. The number of rotatable bonds is 5. The summed E-state index contributed by atoms with van der Waals surface area (Å²) in [5.41, 5.74) is 1.79. The Kier molecular flexibility index (Phi) is 10.4. The molecule has 4 rings (SSSR count). The number of piperidine rings is 3. The molecule has 0 spiro atoms. The Bertz CT molecular complexity index is 831. The fourth-order valence-electron chi connectivity index (χ4n) is 4.83. The van der Waals surface area contributed by atoms with Crippen molar-refractivity contribution in [3.05, 3.63) is 35.4 Å². The van der Waals surface area contributed by atoms with E-state index in [9.17, 15) is 9.59 Å². The summed E-state index contributed by atoms with van der Waals surface area (Å²) in [7, 11) is 0. The van der Waals surface area contributed by atoms with Gasteiger partial charge in [0.1, 0.15) is 6.61 Å². The fourth-order valence-corrected chi connectivity index (χ4v) is 4.83. The van der Waals surface area contributed by atoms with Crippen molar-refractivity contribution in [2.75, 3.05) is 39.3 Å². The summed E-state index contributed by atoms with van der Waals surface area (Å²) < 4.78 is 6.01. The number of hydrogen-bond donors (Lipinski definition) is 2. The summed E-state index contributed by atoms with van der Waals surface area (Å²) in [5, 5.41) is 5.86. The molecule has 6 heteroatoms. The molecule has 3 fully saturated rings. The predicted octanol–water partition coefficient (Wildman–Crippen LogP) is 3.07. The lowest BCUT2D eigenvalue weighted by atomic mass is 9.90. The molecule has 0 radical (unpaired) electrons. The molecule has 0 bridgehead atoms. The molecule has 180 valence electrons. The molecule has 3 saturated heterocycles. The van der Waals surface area contributed by atoms with Crippen LogP contribution in [-0.2, 0) is 14.3 Å². The van der Waals surface area contributed by atoms with Gasteiger partial charge in [0, 0.05) is 31.6 Å². The Balaban J connectivity index is 0.00000149. The predicted molar refractivity (Wildman–Crippen MR) is 131 cm³/mol. The SMILES string of the molecule is CC.O=C1CCC(c2cccc(C#CCOC3CCN(CC4CCNCC4)CC3)c2)C(=O)N1. The molecule has 3 aliphatic rings. The lowest BCUT2D eigenvalue weighted by molar-refractivity contribution is -0.134. The van der Waals surface area contributed by atoms with Crippen molar-refractivity contribution in [1.82, 2.24) is 15.5 Å². The minimum Gasteiger partial charge on any atom is -0.365 e. The van der Waals surface area contributed by atoms with Gasteiger partial charge in [-0.15, -0.1) is 0 Å². The van der Waals surface area contributed by atoms with Gasteiger partial charge < -0.3 is 15.0 Å². The van der Waals surface area contributed by atoms with Gasteiger partial charge in [-0.2, -0.15) is 0 Å².